The van der Waals surface area contributed by atoms with Crippen LogP contribution in [0.25, 0.3) is 0 Å². The molecule has 0 amide bonds. The number of benzene rings is 1. The highest BCUT2D eigenvalue weighted by atomic mass is 127. The second-order valence-electron chi connectivity index (χ2n) is 8.49. The van der Waals surface area contributed by atoms with E-state index in [4.69, 9.17) is 4.74 Å². The largest absolute Gasteiger partial charge is 0.493 e. The number of hydrogen-bond acceptors (Lipinski definition) is 4. The summed E-state index contributed by atoms with van der Waals surface area (Å²) in [5, 5.41) is 6.64. The Morgan fingerprint density at radius 2 is 1.90 bits per heavy atom. The summed E-state index contributed by atoms with van der Waals surface area (Å²) in [5.41, 5.74) is 2.11. The van der Waals surface area contributed by atoms with E-state index in [2.05, 4.69) is 61.5 Å². The highest BCUT2D eigenvalue weighted by molar-refractivity contribution is 14.0. The SMILES string of the molecule is CCCCCOc1cc(C)ccc1CNC(=NC)NCC(C)(C)CCS(C)(=O)=O.I. The fourth-order valence-electron chi connectivity index (χ4n) is 2.75. The third-order valence-electron chi connectivity index (χ3n) is 4.78. The van der Waals surface area contributed by atoms with Gasteiger partial charge in [-0.05, 0) is 36.8 Å². The number of halogens is 1. The van der Waals surface area contributed by atoms with E-state index in [9.17, 15) is 8.42 Å². The zero-order valence-electron chi connectivity index (χ0n) is 19.4. The number of ether oxygens (including phenoxy) is 1. The van der Waals surface area contributed by atoms with Gasteiger partial charge in [-0.25, -0.2) is 8.42 Å². The molecular formula is C22H40IN3O3S. The van der Waals surface area contributed by atoms with Gasteiger partial charge in [0.25, 0.3) is 0 Å². The first kappa shape index (κ1) is 29.0. The van der Waals surface area contributed by atoms with E-state index >= 15 is 0 Å². The van der Waals surface area contributed by atoms with Gasteiger partial charge in [-0.1, -0.05) is 45.7 Å². The third-order valence-corrected chi connectivity index (χ3v) is 5.73. The molecule has 0 radical (unpaired) electrons. The van der Waals surface area contributed by atoms with Crippen LogP contribution in [0.5, 0.6) is 5.75 Å². The van der Waals surface area contributed by atoms with E-state index in [1.807, 2.05) is 0 Å². The molecule has 174 valence electrons. The molecule has 0 fully saturated rings. The van der Waals surface area contributed by atoms with Crippen LogP contribution in [0.4, 0.5) is 0 Å². The highest BCUT2D eigenvalue weighted by Crippen LogP contribution is 2.21. The van der Waals surface area contributed by atoms with Crippen molar-refractivity contribution in [3.63, 3.8) is 0 Å². The smallest absolute Gasteiger partial charge is 0.191 e. The average Bonchev–Trinajstić information content (AvgIpc) is 2.64. The lowest BCUT2D eigenvalue weighted by atomic mass is 9.90. The molecule has 0 saturated heterocycles. The van der Waals surface area contributed by atoms with Crippen LogP contribution in [-0.4, -0.2) is 46.6 Å². The van der Waals surface area contributed by atoms with E-state index in [0.29, 0.717) is 25.5 Å². The summed E-state index contributed by atoms with van der Waals surface area (Å²) in [4.78, 5) is 4.28. The number of aryl methyl sites for hydroxylation is 1. The molecule has 0 heterocycles. The van der Waals surface area contributed by atoms with Gasteiger partial charge in [-0.15, -0.1) is 24.0 Å². The summed E-state index contributed by atoms with van der Waals surface area (Å²) >= 11 is 0. The van der Waals surface area contributed by atoms with Crippen molar-refractivity contribution in [1.29, 1.82) is 0 Å². The normalized spacial score (nSPS) is 12.3. The number of nitrogens with one attached hydrogen (secondary N) is 2. The molecule has 0 aliphatic heterocycles. The first-order chi connectivity index (χ1) is 13.6. The molecule has 0 saturated carbocycles. The van der Waals surface area contributed by atoms with E-state index in [1.54, 1.807) is 7.05 Å². The summed E-state index contributed by atoms with van der Waals surface area (Å²) < 4.78 is 28.9. The summed E-state index contributed by atoms with van der Waals surface area (Å²) in [5.74, 6) is 1.79. The highest BCUT2D eigenvalue weighted by Gasteiger charge is 2.20. The second kappa shape index (κ2) is 14.1. The van der Waals surface area contributed by atoms with Crippen LogP contribution in [0.1, 0.15) is 57.6 Å². The van der Waals surface area contributed by atoms with Crippen LogP contribution in [0.3, 0.4) is 0 Å². The van der Waals surface area contributed by atoms with Crippen molar-refractivity contribution in [3.05, 3.63) is 29.3 Å². The zero-order chi connectivity index (χ0) is 21.9. The third kappa shape index (κ3) is 12.6. The minimum absolute atomic E-state index is 0. The molecule has 1 aromatic carbocycles. The van der Waals surface area contributed by atoms with E-state index in [0.717, 1.165) is 24.3 Å². The number of rotatable bonds is 12. The molecular weight excluding hydrogens is 513 g/mol. The van der Waals surface area contributed by atoms with E-state index in [-0.39, 0.29) is 35.1 Å². The minimum atomic E-state index is -2.96. The number of unbranched alkanes of at least 4 members (excludes halogenated alkanes) is 2. The van der Waals surface area contributed by atoms with Gasteiger partial charge in [0.1, 0.15) is 15.6 Å². The second-order valence-corrected chi connectivity index (χ2v) is 10.7. The monoisotopic (exact) mass is 553 g/mol. The maximum Gasteiger partial charge on any atom is 0.191 e. The molecule has 30 heavy (non-hydrogen) atoms. The Kier molecular flexibility index (Phi) is 13.6. The van der Waals surface area contributed by atoms with Crippen molar-refractivity contribution < 1.29 is 13.2 Å². The van der Waals surface area contributed by atoms with Crippen LogP contribution < -0.4 is 15.4 Å². The van der Waals surface area contributed by atoms with Crippen molar-refractivity contribution in [2.45, 2.75) is 59.9 Å². The van der Waals surface area contributed by atoms with Crippen LogP contribution in [0, 0.1) is 12.3 Å². The maximum atomic E-state index is 11.4. The zero-order valence-corrected chi connectivity index (χ0v) is 22.5. The number of hydrogen-bond donors (Lipinski definition) is 2. The van der Waals surface area contributed by atoms with Gasteiger partial charge in [0.05, 0.1) is 12.4 Å². The van der Waals surface area contributed by atoms with Gasteiger partial charge in [0.15, 0.2) is 5.96 Å². The average molecular weight is 554 g/mol. The van der Waals surface area contributed by atoms with Crippen molar-refractivity contribution in [1.82, 2.24) is 10.6 Å². The van der Waals surface area contributed by atoms with Crippen molar-refractivity contribution >= 4 is 39.8 Å². The molecule has 6 nitrogen and oxygen atoms in total. The number of nitrogens with zero attached hydrogens (tertiary/aromatic N) is 1. The molecule has 0 atom stereocenters. The molecule has 0 bridgehead atoms. The molecule has 1 aromatic rings. The Morgan fingerprint density at radius 3 is 2.50 bits per heavy atom. The first-order valence-electron chi connectivity index (χ1n) is 10.4. The van der Waals surface area contributed by atoms with Crippen LogP contribution in [-0.2, 0) is 16.4 Å². The van der Waals surface area contributed by atoms with Crippen LogP contribution >= 0.6 is 24.0 Å². The minimum Gasteiger partial charge on any atom is -0.493 e. The lowest BCUT2D eigenvalue weighted by molar-refractivity contribution is 0.302. The van der Waals surface area contributed by atoms with Gasteiger partial charge in [-0.3, -0.25) is 4.99 Å². The molecule has 0 aliphatic rings. The molecule has 0 aromatic heterocycles. The van der Waals surface area contributed by atoms with Gasteiger partial charge in [0.2, 0.25) is 0 Å². The Morgan fingerprint density at radius 1 is 1.20 bits per heavy atom. The van der Waals surface area contributed by atoms with Crippen molar-refractivity contribution in [2.75, 3.05) is 32.2 Å². The summed E-state index contributed by atoms with van der Waals surface area (Å²) in [7, 11) is -1.22. The number of sulfone groups is 1. The molecule has 2 N–H and O–H groups in total. The Hall–Kier alpha value is -1.03. The maximum absolute atomic E-state index is 11.4. The predicted octanol–water partition coefficient (Wildman–Crippen LogP) is 4.31. The van der Waals surface area contributed by atoms with Crippen LogP contribution in [0.2, 0.25) is 0 Å². The topological polar surface area (TPSA) is 79.8 Å². The lowest BCUT2D eigenvalue weighted by Crippen LogP contribution is -2.42. The molecule has 8 heteroatoms. The lowest BCUT2D eigenvalue weighted by Gasteiger charge is -2.26. The molecule has 0 aliphatic carbocycles. The quantitative estimate of drug-likeness (QED) is 0.175. The Balaban J connectivity index is 0.00000841. The summed E-state index contributed by atoms with van der Waals surface area (Å²) in [6.45, 7) is 10.3. The Bertz CT molecular complexity index is 765. The first-order valence-corrected chi connectivity index (χ1v) is 12.5. The molecule has 0 unspecified atom stereocenters. The standard InChI is InChI=1S/C22H39N3O3S.HI/c1-7-8-9-13-28-20-15-18(2)10-11-19(20)16-24-21(23-5)25-17-22(3,4)12-14-29(6,26)27;/h10-11,15H,7-9,12-14,16-17H2,1-6H3,(H2,23,24,25);1H. The summed E-state index contributed by atoms with van der Waals surface area (Å²) in [6, 6.07) is 6.24. The van der Waals surface area contributed by atoms with Gasteiger partial charge < -0.3 is 15.4 Å². The van der Waals surface area contributed by atoms with E-state index in [1.165, 1.54) is 24.7 Å². The number of guanidine groups is 1. The van der Waals surface area contributed by atoms with Gasteiger partial charge in [-0.2, -0.15) is 0 Å². The fraction of sp³-hybridized carbons (Fsp3) is 0.682. The molecule has 1 rings (SSSR count). The molecule has 0 spiro atoms. The fourth-order valence-corrected chi connectivity index (χ4v) is 3.67. The Labute approximate surface area is 200 Å². The predicted molar refractivity (Wildman–Crippen MR) is 138 cm³/mol. The number of aliphatic imine (C=N–C) groups is 1. The van der Waals surface area contributed by atoms with Gasteiger partial charge >= 0.3 is 0 Å². The summed E-state index contributed by atoms with van der Waals surface area (Å²) in [6.07, 6.45) is 5.28. The van der Waals surface area contributed by atoms with E-state index < -0.39 is 9.84 Å². The van der Waals surface area contributed by atoms with Crippen LogP contribution in [0.15, 0.2) is 23.2 Å². The van der Waals surface area contributed by atoms with Crippen molar-refractivity contribution in [2.24, 2.45) is 10.4 Å². The van der Waals surface area contributed by atoms with Crippen molar-refractivity contribution in [3.8, 4) is 5.75 Å². The van der Waals surface area contributed by atoms with Gasteiger partial charge in [0, 0.05) is 32.0 Å².